The second-order valence-electron chi connectivity index (χ2n) is 21.9. The fourth-order valence-corrected chi connectivity index (χ4v) is 16.0. The second-order valence-corrected chi connectivity index (χ2v) is 27.5. The Morgan fingerprint density at radius 3 is 2.10 bits per heavy atom. The largest absolute Gasteiger partial charge is 0.508 e. The summed E-state index contributed by atoms with van der Waals surface area (Å²) in [6.45, 7) is 5.43. The van der Waals surface area contributed by atoms with Gasteiger partial charge in [-0.3, -0.25) is 33.6 Å². The lowest BCUT2D eigenvalue weighted by Gasteiger charge is -2.29. The molecule has 7 aromatic heterocycles. The molecule has 0 aliphatic carbocycles. The Bertz CT molecular complexity index is 4270. The van der Waals surface area contributed by atoms with Crippen LogP contribution in [0.1, 0.15) is 124 Å². The molecule has 0 saturated carbocycles. The molecule has 2 aliphatic rings. The maximum absolute atomic E-state index is 15.6. The highest BCUT2D eigenvalue weighted by Crippen LogP contribution is 2.45. The number of phenols is 1. The average Bonchev–Trinajstić information content (AvgIpc) is 1.61. The number of benzene rings is 2. The number of nitrogens with zero attached hydrogens (tertiary/aromatic N) is 9. The molecule has 2 aliphatic heterocycles. The molecule has 1 saturated heterocycles. The SMILES string of the molecule is CC(=O)O[C@H]1CN2C(=O)[C@H](Cc3ccc(O)cc3)NC(=O)c3csc(n3)[C@H]([C@H](OC(=O)NCCN(C)C)c3ccccc3)CC(=O)c3nc(sc3C)[C@H](CC(N)=O)NC(=O)c3csc(n3)-c3ccc(-c4nc(C(N)=O)cs4)nc3-c3csc(n3)-c3csc(n3)[C@@H]2[C@H]1C. The summed E-state index contributed by atoms with van der Waals surface area (Å²) < 4.78 is 12.1. The number of fused-ring (bicyclic) bond motifs is 16. The van der Waals surface area contributed by atoms with Crippen LogP contribution in [0.5, 0.6) is 5.75 Å². The molecule has 10 bridgehead atoms. The first-order valence-electron chi connectivity index (χ1n) is 28.5. The van der Waals surface area contributed by atoms with E-state index in [0.29, 0.717) is 70.9 Å². The zero-order chi connectivity index (χ0) is 65.1. The number of aromatic nitrogens is 7. The third-order valence-corrected chi connectivity index (χ3v) is 20.7. The van der Waals surface area contributed by atoms with Crippen molar-refractivity contribution in [3.63, 3.8) is 0 Å². The number of carbonyl (C=O) groups is 8. The lowest BCUT2D eigenvalue weighted by atomic mass is 9.90. The van der Waals surface area contributed by atoms with E-state index >= 15 is 9.59 Å². The van der Waals surface area contributed by atoms with Crippen LogP contribution in [0, 0.1) is 12.8 Å². The molecule has 7 atom stereocenters. The van der Waals surface area contributed by atoms with Crippen molar-refractivity contribution in [3.8, 4) is 49.1 Å². The van der Waals surface area contributed by atoms with Crippen LogP contribution < -0.4 is 27.4 Å². The number of rotatable bonds is 13. The normalized spacial score (nSPS) is 19.0. The Labute approximate surface area is 549 Å². The topological polar surface area (TPSA) is 360 Å². The molecular formula is C61H58N14O11S6. The predicted octanol–water partition coefficient (Wildman–Crippen LogP) is 8.14. The quantitative estimate of drug-likeness (QED) is 0.0593. The number of ether oxygens (including phenoxy) is 2. The highest BCUT2D eigenvalue weighted by Gasteiger charge is 2.48. The number of pyridine rings is 1. The van der Waals surface area contributed by atoms with Crippen LogP contribution >= 0.6 is 68.0 Å². The molecule has 1 fully saturated rings. The zero-order valence-corrected chi connectivity index (χ0v) is 54.6. The molecule has 2 aromatic carbocycles. The van der Waals surface area contributed by atoms with Crippen LogP contribution in [-0.4, -0.2) is 143 Å². The molecule has 6 amide bonds. The number of amides is 6. The van der Waals surface area contributed by atoms with E-state index in [0.717, 1.165) is 45.3 Å². The molecule has 8 N–H and O–H groups in total. The molecule has 9 heterocycles. The molecule has 0 radical (unpaired) electrons. The van der Waals surface area contributed by atoms with Crippen LogP contribution in [0.25, 0.3) is 43.4 Å². The van der Waals surface area contributed by atoms with Gasteiger partial charge in [0.05, 0.1) is 36.7 Å². The third kappa shape index (κ3) is 14.5. The van der Waals surface area contributed by atoms with Crippen LogP contribution in [0.3, 0.4) is 0 Å². The molecule has 0 unspecified atom stereocenters. The predicted molar refractivity (Wildman–Crippen MR) is 346 cm³/mol. The van der Waals surface area contributed by atoms with Crippen LogP contribution in [0.15, 0.2) is 93.6 Å². The number of hydrogen-bond acceptors (Lipinski definition) is 25. The fraction of sp³-hybridized carbons (Fsp3) is 0.295. The van der Waals surface area contributed by atoms with Gasteiger partial charge in [0.15, 0.2) is 5.78 Å². The van der Waals surface area contributed by atoms with Crippen LogP contribution in [0.2, 0.25) is 0 Å². The number of esters is 1. The Morgan fingerprint density at radius 2 is 1.38 bits per heavy atom. The maximum atomic E-state index is 15.6. The summed E-state index contributed by atoms with van der Waals surface area (Å²) in [6.07, 6.45) is -3.65. The van der Waals surface area contributed by atoms with Crippen molar-refractivity contribution in [1.29, 1.82) is 0 Å². The minimum absolute atomic E-state index is 0.0115. The van der Waals surface area contributed by atoms with E-state index in [4.69, 9.17) is 50.8 Å². The van der Waals surface area contributed by atoms with Crippen LogP contribution in [0.4, 0.5) is 4.79 Å². The Kier molecular flexibility index (Phi) is 19.4. The van der Waals surface area contributed by atoms with Crippen molar-refractivity contribution < 1.29 is 52.9 Å². The van der Waals surface area contributed by atoms with E-state index in [-0.39, 0.29) is 58.1 Å². The van der Waals surface area contributed by atoms with Crippen molar-refractivity contribution in [2.45, 2.75) is 76.3 Å². The number of aromatic hydroxyl groups is 1. The van der Waals surface area contributed by atoms with Gasteiger partial charge in [0, 0.05) is 76.1 Å². The van der Waals surface area contributed by atoms with Crippen molar-refractivity contribution in [2.75, 3.05) is 33.7 Å². The minimum Gasteiger partial charge on any atom is -0.508 e. The van der Waals surface area contributed by atoms with Crippen molar-refractivity contribution >= 4 is 115 Å². The molecular weight excluding hydrogens is 1300 g/mol. The van der Waals surface area contributed by atoms with Gasteiger partial charge in [0.2, 0.25) is 11.8 Å². The van der Waals surface area contributed by atoms with Gasteiger partial charge in [0.25, 0.3) is 17.7 Å². The number of ketones is 1. The summed E-state index contributed by atoms with van der Waals surface area (Å²) in [5, 5.41) is 29.1. The van der Waals surface area contributed by atoms with Crippen LogP contribution in [-0.2, 0) is 30.3 Å². The second kappa shape index (κ2) is 27.8. The maximum Gasteiger partial charge on any atom is 0.407 e. The number of alkyl carbamates (subject to hydrolysis) is 1. The molecule has 11 rings (SSSR count). The van der Waals surface area contributed by atoms with E-state index in [1.54, 1.807) is 77.2 Å². The Hall–Kier alpha value is -9.11. The summed E-state index contributed by atoms with van der Waals surface area (Å²) >= 11 is 6.91. The zero-order valence-electron chi connectivity index (χ0n) is 49.7. The first-order valence-corrected chi connectivity index (χ1v) is 33.8. The van der Waals surface area contributed by atoms with E-state index in [2.05, 4.69) is 20.9 Å². The molecule has 25 nitrogen and oxygen atoms in total. The van der Waals surface area contributed by atoms with E-state index in [9.17, 15) is 33.9 Å². The number of nitrogens with two attached hydrogens (primary N) is 2. The van der Waals surface area contributed by atoms with Gasteiger partial charge in [-0.1, -0.05) is 49.4 Å². The molecule has 31 heteroatoms. The summed E-state index contributed by atoms with van der Waals surface area (Å²) in [4.78, 5) is 149. The lowest BCUT2D eigenvalue weighted by Crippen LogP contribution is -2.50. The molecule has 0 spiro atoms. The standard InChI is InChI=1S/C61H58N14O11S6/c1-28-45(85-30(3)76)22-75-49(28)59-72-43(27-91-59)57-68-39(23-89-57)48-34(15-16-36(65-48)56-69-40(24-90-56)51(63)80)54-70-41(25-87-54)52(81)66-37(21-46(62)79)58-73-47(29(2)92-58)44(78)20-35(50(32-9-7-6-8-10-32)86-61(84)64-17-18-74(4)5)55-71-42(26-88-55)53(82)67-38(60(75)83)19-31-11-13-33(77)14-12-31/h6-16,23-28,35,37-38,45,49-50,77H,17-22H2,1-5H3,(H2,62,79)(H2,63,80)(H,64,84)(H,66,81)(H,67,82)/t28-,35-,37-,38-,45-,49-,50+/m0/s1. The van der Waals surface area contributed by atoms with Gasteiger partial charge in [-0.15, -0.1) is 68.0 Å². The summed E-state index contributed by atoms with van der Waals surface area (Å²) in [5.74, 6) is -6.22. The van der Waals surface area contributed by atoms with Gasteiger partial charge < -0.3 is 51.8 Å². The Balaban J connectivity index is 1.04. The molecule has 9 aromatic rings. The summed E-state index contributed by atoms with van der Waals surface area (Å²) in [7, 11) is 3.70. The van der Waals surface area contributed by atoms with E-state index < -0.39 is 102 Å². The van der Waals surface area contributed by atoms with Crippen molar-refractivity contribution in [3.05, 3.63) is 147 Å². The number of primary amides is 2. The fourth-order valence-electron chi connectivity index (χ4n) is 10.6. The van der Waals surface area contributed by atoms with E-state index in [1.165, 1.54) is 57.9 Å². The number of likely N-dealkylation sites (N-methyl/N-ethyl adjacent to an activating group) is 1. The van der Waals surface area contributed by atoms with Crippen molar-refractivity contribution in [1.82, 2.24) is 60.6 Å². The number of carbonyl (C=O) groups excluding carboxylic acids is 8. The van der Waals surface area contributed by atoms with Crippen molar-refractivity contribution in [2.24, 2.45) is 17.4 Å². The monoisotopic (exact) mass is 1350 g/mol. The number of nitrogens with one attached hydrogen (secondary N) is 3. The number of hydrogen-bond donors (Lipinski definition) is 6. The van der Waals surface area contributed by atoms with Gasteiger partial charge in [-0.2, -0.15) is 0 Å². The first kappa shape index (κ1) is 64.4. The Morgan fingerprint density at radius 1 is 0.728 bits per heavy atom. The summed E-state index contributed by atoms with van der Waals surface area (Å²) in [6, 6.07) is 15.1. The lowest BCUT2D eigenvalue weighted by molar-refractivity contribution is -0.148. The van der Waals surface area contributed by atoms with E-state index in [1.807, 2.05) is 25.9 Å². The van der Waals surface area contributed by atoms with Gasteiger partial charge in [0.1, 0.15) is 93.9 Å². The number of aryl methyl sites for hydroxylation is 1. The van der Waals surface area contributed by atoms with Gasteiger partial charge >= 0.3 is 12.1 Å². The number of thiazole rings is 6. The number of phenolic OH excluding ortho intramolecular Hbond substituents is 1. The van der Waals surface area contributed by atoms with Gasteiger partial charge in [-0.05, 0) is 56.4 Å². The highest BCUT2D eigenvalue weighted by molar-refractivity contribution is 7.15. The first-order chi connectivity index (χ1) is 44.1. The average molecular weight is 1360 g/mol. The molecule has 474 valence electrons. The smallest absolute Gasteiger partial charge is 0.407 e. The molecule has 92 heavy (non-hydrogen) atoms. The number of Topliss-reactive ketones (excluding diaryl/α,β-unsaturated/α-hetero) is 1. The summed E-state index contributed by atoms with van der Waals surface area (Å²) in [5.41, 5.74) is 14.3. The van der Waals surface area contributed by atoms with Gasteiger partial charge in [-0.25, -0.2) is 39.7 Å². The minimum atomic E-state index is -1.30. The third-order valence-electron chi connectivity index (χ3n) is 15.1. The highest BCUT2D eigenvalue weighted by atomic mass is 32.1.